The Morgan fingerprint density at radius 2 is 2.00 bits per heavy atom. The van der Waals surface area contributed by atoms with Crippen LogP contribution < -0.4 is 5.32 Å². The summed E-state index contributed by atoms with van der Waals surface area (Å²) in [4.78, 5) is 4.18. The van der Waals surface area contributed by atoms with Crippen LogP contribution in [0.4, 0.5) is 0 Å². The van der Waals surface area contributed by atoms with Crippen molar-refractivity contribution in [2.24, 2.45) is 11.8 Å². The number of hydrogen-bond acceptors (Lipinski definition) is 2. The zero-order chi connectivity index (χ0) is 11.3. The molecule has 1 aromatic rings. The van der Waals surface area contributed by atoms with Crippen molar-refractivity contribution in [3.63, 3.8) is 0 Å². The minimum absolute atomic E-state index is 0.418. The number of pyridine rings is 1. The smallest absolute Gasteiger partial charge is 0.0358 e. The maximum absolute atomic E-state index is 4.18. The summed E-state index contributed by atoms with van der Waals surface area (Å²) >= 11 is 0. The number of hydrogen-bond donors (Lipinski definition) is 1. The fourth-order valence-electron chi connectivity index (χ4n) is 1.66. The van der Waals surface area contributed by atoms with Gasteiger partial charge >= 0.3 is 0 Å². The highest BCUT2D eigenvalue weighted by molar-refractivity contribution is 5.14. The van der Waals surface area contributed by atoms with E-state index in [1.807, 2.05) is 18.5 Å². The van der Waals surface area contributed by atoms with E-state index in [4.69, 9.17) is 0 Å². The standard InChI is InChI=1S/C13H22N2/c1-10(2)8-15-13(11(3)4)12-6-5-7-14-9-12/h5-7,9-11,13,15H,8H2,1-4H3. The van der Waals surface area contributed by atoms with Crippen molar-refractivity contribution in [2.45, 2.75) is 33.7 Å². The van der Waals surface area contributed by atoms with E-state index in [1.54, 1.807) is 0 Å². The normalized spacial score (nSPS) is 13.5. The summed E-state index contributed by atoms with van der Waals surface area (Å²) in [5.41, 5.74) is 1.29. The first-order valence-electron chi connectivity index (χ1n) is 5.74. The van der Waals surface area contributed by atoms with Crippen molar-refractivity contribution in [1.82, 2.24) is 10.3 Å². The molecule has 0 saturated carbocycles. The Kier molecular flexibility index (Phi) is 4.76. The number of nitrogens with zero attached hydrogens (tertiary/aromatic N) is 1. The van der Waals surface area contributed by atoms with Gasteiger partial charge in [-0.1, -0.05) is 33.8 Å². The lowest BCUT2D eigenvalue weighted by molar-refractivity contribution is 0.387. The van der Waals surface area contributed by atoms with Crippen LogP contribution in [-0.2, 0) is 0 Å². The number of nitrogens with one attached hydrogen (secondary N) is 1. The first-order valence-corrected chi connectivity index (χ1v) is 5.74. The highest BCUT2D eigenvalue weighted by Gasteiger charge is 2.15. The fraction of sp³-hybridized carbons (Fsp3) is 0.615. The van der Waals surface area contributed by atoms with Gasteiger partial charge in [0.25, 0.3) is 0 Å². The van der Waals surface area contributed by atoms with Crippen molar-refractivity contribution in [3.05, 3.63) is 30.1 Å². The van der Waals surface area contributed by atoms with Gasteiger partial charge in [-0.3, -0.25) is 4.98 Å². The van der Waals surface area contributed by atoms with E-state index in [1.165, 1.54) is 5.56 Å². The van der Waals surface area contributed by atoms with Crippen LogP contribution in [0.5, 0.6) is 0 Å². The van der Waals surface area contributed by atoms with E-state index in [-0.39, 0.29) is 0 Å². The minimum Gasteiger partial charge on any atom is -0.309 e. The van der Waals surface area contributed by atoms with Crippen molar-refractivity contribution < 1.29 is 0 Å². The molecule has 84 valence electrons. The molecule has 0 aliphatic carbocycles. The Bertz CT molecular complexity index is 267. The van der Waals surface area contributed by atoms with E-state index < -0.39 is 0 Å². The average molecular weight is 206 g/mol. The van der Waals surface area contributed by atoms with Gasteiger partial charge in [-0.15, -0.1) is 0 Å². The zero-order valence-corrected chi connectivity index (χ0v) is 10.2. The third kappa shape index (κ3) is 4.00. The first kappa shape index (κ1) is 12.2. The molecule has 1 rings (SSSR count). The van der Waals surface area contributed by atoms with Gasteiger partial charge in [0.1, 0.15) is 0 Å². The molecule has 15 heavy (non-hydrogen) atoms. The van der Waals surface area contributed by atoms with Crippen LogP contribution in [0.2, 0.25) is 0 Å². The maximum Gasteiger partial charge on any atom is 0.0358 e. The summed E-state index contributed by atoms with van der Waals surface area (Å²) in [5, 5.41) is 3.59. The topological polar surface area (TPSA) is 24.9 Å². The summed E-state index contributed by atoms with van der Waals surface area (Å²) in [6, 6.07) is 4.56. The van der Waals surface area contributed by atoms with E-state index in [9.17, 15) is 0 Å². The Morgan fingerprint density at radius 1 is 1.27 bits per heavy atom. The van der Waals surface area contributed by atoms with E-state index in [0.717, 1.165) is 6.54 Å². The van der Waals surface area contributed by atoms with Gasteiger partial charge in [0.2, 0.25) is 0 Å². The van der Waals surface area contributed by atoms with Crippen LogP contribution in [0.25, 0.3) is 0 Å². The second kappa shape index (κ2) is 5.86. The summed E-state index contributed by atoms with van der Waals surface area (Å²) in [6.45, 7) is 10.00. The molecule has 1 unspecified atom stereocenters. The lowest BCUT2D eigenvalue weighted by Crippen LogP contribution is -2.29. The largest absolute Gasteiger partial charge is 0.309 e. The van der Waals surface area contributed by atoms with Gasteiger partial charge in [-0.2, -0.15) is 0 Å². The van der Waals surface area contributed by atoms with Gasteiger partial charge in [0.05, 0.1) is 0 Å². The molecule has 1 heterocycles. The van der Waals surface area contributed by atoms with Crippen LogP contribution in [0.15, 0.2) is 24.5 Å². The SMILES string of the molecule is CC(C)CNC(c1cccnc1)C(C)C. The average Bonchev–Trinajstić information content (AvgIpc) is 2.18. The molecule has 0 bridgehead atoms. The summed E-state index contributed by atoms with van der Waals surface area (Å²) < 4.78 is 0. The fourth-order valence-corrected chi connectivity index (χ4v) is 1.66. The summed E-state index contributed by atoms with van der Waals surface area (Å²) in [5.74, 6) is 1.27. The molecule has 0 fully saturated rings. The van der Waals surface area contributed by atoms with E-state index >= 15 is 0 Å². The molecule has 0 radical (unpaired) electrons. The van der Waals surface area contributed by atoms with Crippen LogP contribution in [0.3, 0.4) is 0 Å². The predicted octanol–water partition coefficient (Wildman–Crippen LogP) is 3.02. The molecule has 0 spiro atoms. The van der Waals surface area contributed by atoms with Gasteiger partial charge in [0, 0.05) is 18.4 Å². The number of aromatic nitrogens is 1. The van der Waals surface area contributed by atoms with Gasteiger partial charge < -0.3 is 5.32 Å². The second-order valence-electron chi connectivity index (χ2n) is 4.81. The molecule has 0 saturated heterocycles. The molecular weight excluding hydrogens is 184 g/mol. The molecule has 2 heteroatoms. The van der Waals surface area contributed by atoms with Crippen molar-refractivity contribution in [2.75, 3.05) is 6.54 Å². The molecule has 0 amide bonds. The van der Waals surface area contributed by atoms with Gasteiger partial charge in [-0.25, -0.2) is 0 Å². The highest BCUT2D eigenvalue weighted by atomic mass is 14.9. The molecule has 0 aliphatic rings. The molecule has 0 aliphatic heterocycles. The predicted molar refractivity (Wildman–Crippen MR) is 64.7 cm³/mol. The van der Waals surface area contributed by atoms with Crippen molar-refractivity contribution in [3.8, 4) is 0 Å². The third-order valence-electron chi connectivity index (χ3n) is 2.46. The molecule has 2 nitrogen and oxygen atoms in total. The van der Waals surface area contributed by atoms with Crippen LogP contribution in [0, 0.1) is 11.8 Å². The minimum atomic E-state index is 0.418. The first-order chi connectivity index (χ1) is 7.11. The molecular formula is C13H22N2. The second-order valence-corrected chi connectivity index (χ2v) is 4.81. The molecule has 1 N–H and O–H groups in total. The molecule has 1 aromatic heterocycles. The molecule has 0 aromatic carbocycles. The van der Waals surface area contributed by atoms with Gasteiger partial charge in [0.15, 0.2) is 0 Å². The summed E-state index contributed by atoms with van der Waals surface area (Å²) in [6.07, 6.45) is 3.78. The Balaban J connectivity index is 2.66. The lowest BCUT2D eigenvalue weighted by atomic mass is 9.97. The van der Waals surface area contributed by atoms with Crippen molar-refractivity contribution in [1.29, 1.82) is 0 Å². The zero-order valence-electron chi connectivity index (χ0n) is 10.2. The quantitative estimate of drug-likeness (QED) is 0.801. The van der Waals surface area contributed by atoms with Crippen molar-refractivity contribution >= 4 is 0 Å². The Hall–Kier alpha value is -0.890. The lowest BCUT2D eigenvalue weighted by Gasteiger charge is -2.23. The summed E-state index contributed by atoms with van der Waals surface area (Å²) in [7, 11) is 0. The third-order valence-corrected chi connectivity index (χ3v) is 2.46. The van der Waals surface area contributed by atoms with E-state index in [0.29, 0.717) is 17.9 Å². The monoisotopic (exact) mass is 206 g/mol. The highest BCUT2D eigenvalue weighted by Crippen LogP contribution is 2.20. The molecule has 1 atom stereocenters. The van der Waals surface area contributed by atoms with E-state index in [2.05, 4.69) is 44.1 Å². The van der Waals surface area contributed by atoms with Crippen LogP contribution >= 0.6 is 0 Å². The van der Waals surface area contributed by atoms with Gasteiger partial charge in [-0.05, 0) is 30.0 Å². The van der Waals surface area contributed by atoms with Crippen LogP contribution in [-0.4, -0.2) is 11.5 Å². The van der Waals surface area contributed by atoms with Crippen LogP contribution in [0.1, 0.15) is 39.3 Å². The number of rotatable bonds is 5. The Morgan fingerprint density at radius 3 is 2.47 bits per heavy atom. The Labute approximate surface area is 93.1 Å². The maximum atomic E-state index is 4.18.